The molecule has 1 aromatic heterocycles. The molecule has 1 saturated heterocycles. The molecule has 2 rings (SSSR count). The van der Waals surface area contributed by atoms with Crippen LogP contribution in [-0.2, 0) is 11.3 Å². The zero-order valence-electron chi connectivity index (χ0n) is 10.6. The SMILES string of the molecule is CCN(CCN1CCOCC1)Cc1cccs1. The molecule has 1 fully saturated rings. The summed E-state index contributed by atoms with van der Waals surface area (Å²) in [6, 6.07) is 4.36. The van der Waals surface area contributed by atoms with Crippen molar-refractivity contribution in [3.05, 3.63) is 22.4 Å². The van der Waals surface area contributed by atoms with Gasteiger partial charge in [-0.2, -0.15) is 0 Å². The highest BCUT2D eigenvalue weighted by molar-refractivity contribution is 7.09. The van der Waals surface area contributed by atoms with Gasteiger partial charge in [-0.05, 0) is 18.0 Å². The van der Waals surface area contributed by atoms with Gasteiger partial charge in [-0.25, -0.2) is 0 Å². The van der Waals surface area contributed by atoms with E-state index in [1.165, 1.54) is 11.4 Å². The van der Waals surface area contributed by atoms with Gasteiger partial charge in [0.25, 0.3) is 0 Å². The third kappa shape index (κ3) is 4.39. The molecule has 1 aromatic rings. The Morgan fingerprint density at radius 3 is 2.88 bits per heavy atom. The molecule has 1 aliphatic heterocycles. The lowest BCUT2D eigenvalue weighted by molar-refractivity contribution is 0.0332. The number of hydrogen-bond acceptors (Lipinski definition) is 4. The quantitative estimate of drug-likeness (QED) is 0.771. The summed E-state index contributed by atoms with van der Waals surface area (Å²) >= 11 is 1.85. The standard InChI is InChI=1S/C13H22N2OS/c1-2-14(12-13-4-3-11-17-13)5-6-15-7-9-16-10-8-15/h3-4,11H,2,5-10,12H2,1H3. The maximum atomic E-state index is 5.36. The van der Waals surface area contributed by atoms with Gasteiger partial charge < -0.3 is 4.74 Å². The molecule has 0 aliphatic carbocycles. The number of nitrogens with zero attached hydrogens (tertiary/aromatic N) is 2. The zero-order chi connectivity index (χ0) is 11.9. The third-order valence-electron chi connectivity index (χ3n) is 3.24. The lowest BCUT2D eigenvalue weighted by Gasteiger charge is -2.29. The first-order chi connectivity index (χ1) is 8.38. The second-order valence-corrected chi connectivity index (χ2v) is 5.43. The Balaban J connectivity index is 1.71. The van der Waals surface area contributed by atoms with Crippen LogP contribution in [-0.4, -0.2) is 55.7 Å². The van der Waals surface area contributed by atoms with E-state index in [1.54, 1.807) is 0 Å². The van der Waals surface area contributed by atoms with Crippen LogP contribution in [0.25, 0.3) is 0 Å². The zero-order valence-corrected chi connectivity index (χ0v) is 11.4. The fourth-order valence-corrected chi connectivity index (χ4v) is 2.83. The number of thiophene rings is 1. The van der Waals surface area contributed by atoms with Crippen LogP contribution >= 0.6 is 11.3 Å². The molecule has 0 unspecified atom stereocenters. The molecular formula is C13H22N2OS. The molecule has 0 radical (unpaired) electrons. The predicted octanol–water partition coefficient (Wildman–Crippen LogP) is 1.90. The van der Waals surface area contributed by atoms with Crippen molar-refractivity contribution in [1.82, 2.24) is 9.80 Å². The van der Waals surface area contributed by atoms with E-state index in [0.29, 0.717) is 0 Å². The van der Waals surface area contributed by atoms with Gasteiger partial charge in [0.05, 0.1) is 13.2 Å². The average molecular weight is 254 g/mol. The van der Waals surface area contributed by atoms with Crippen LogP contribution in [0.15, 0.2) is 17.5 Å². The van der Waals surface area contributed by atoms with Crippen molar-refractivity contribution < 1.29 is 4.74 Å². The molecule has 0 aromatic carbocycles. The number of likely N-dealkylation sites (N-methyl/N-ethyl adjacent to an activating group) is 1. The van der Waals surface area contributed by atoms with Crippen LogP contribution in [0.1, 0.15) is 11.8 Å². The van der Waals surface area contributed by atoms with E-state index < -0.39 is 0 Å². The molecule has 17 heavy (non-hydrogen) atoms. The second kappa shape index (κ2) is 7.11. The predicted molar refractivity (Wildman–Crippen MR) is 72.5 cm³/mol. The summed E-state index contributed by atoms with van der Waals surface area (Å²) in [5, 5.41) is 2.16. The van der Waals surface area contributed by atoms with E-state index in [9.17, 15) is 0 Å². The number of hydrogen-bond donors (Lipinski definition) is 0. The van der Waals surface area contributed by atoms with Crippen LogP contribution in [0.4, 0.5) is 0 Å². The van der Waals surface area contributed by atoms with Crippen LogP contribution in [0.2, 0.25) is 0 Å². The molecular weight excluding hydrogens is 232 g/mol. The first-order valence-electron chi connectivity index (χ1n) is 6.43. The maximum Gasteiger partial charge on any atom is 0.0594 e. The minimum atomic E-state index is 0.900. The molecule has 4 heteroatoms. The van der Waals surface area contributed by atoms with Gasteiger partial charge in [0.15, 0.2) is 0 Å². The molecule has 0 N–H and O–H groups in total. The highest BCUT2D eigenvalue weighted by Crippen LogP contribution is 2.11. The fourth-order valence-electron chi connectivity index (χ4n) is 2.08. The summed E-state index contributed by atoms with van der Waals surface area (Å²) in [6.45, 7) is 10.8. The molecule has 2 heterocycles. The Hall–Kier alpha value is -0.420. The van der Waals surface area contributed by atoms with E-state index >= 15 is 0 Å². The normalized spacial score (nSPS) is 17.8. The van der Waals surface area contributed by atoms with Crippen molar-refractivity contribution in [1.29, 1.82) is 0 Å². The molecule has 0 amide bonds. The fraction of sp³-hybridized carbons (Fsp3) is 0.692. The minimum absolute atomic E-state index is 0.900. The number of ether oxygens (including phenoxy) is 1. The molecule has 3 nitrogen and oxygen atoms in total. The Morgan fingerprint density at radius 2 is 2.24 bits per heavy atom. The van der Waals surface area contributed by atoms with E-state index in [2.05, 4.69) is 34.2 Å². The van der Waals surface area contributed by atoms with E-state index in [1.807, 2.05) is 11.3 Å². The first kappa shape index (κ1) is 13.0. The highest BCUT2D eigenvalue weighted by Gasteiger charge is 2.11. The van der Waals surface area contributed by atoms with E-state index in [0.717, 1.165) is 45.9 Å². The van der Waals surface area contributed by atoms with Crippen LogP contribution in [0, 0.1) is 0 Å². The van der Waals surface area contributed by atoms with Crippen molar-refractivity contribution >= 4 is 11.3 Å². The lowest BCUT2D eigenvalue weighted by atomic mass is 10.3. The van der Waals surface area contributed by atoms with Crippen LogP contribution in [0.3, 0.4) is 0 Å². The summed E-state index contributed by atoms with van der Waals surface area (Å²) in [5.41, 5.74) is 0. The summed E-state index contributed by atoms with van der Waals surface area (Å²) < 4.78 is 5.36. The summed E-state index contributed by atoms with van der Waals surface area (Å²) in [6.07, 6.45) is 0. The molecule has 0 bridgehead atoms. The van der Waals surface area contributed by atoms with Crippen molar-refractivity contribution in [3.63, 3.8) is 0 Å². The van der Waals surface area contributed by atoms with Gasteiger partial charge >= 0.3 is 0 Å². The second-order valence-electron chi connectivity index (χ2n) is 4.40. The molecule has 96 valence electrons. The largest absolute Gasteiger partial charge is 0.379 e. The van der Waals surface area contributed by atoms with E-state index in [-0.39, 0.29) is 0 Å². The Morgan fingerprint density at radius 1 is 1.41 bits per heavy atom. The van der Waals surface area contributed by atoms with Gasteiger partial charge in [0.1, 0.15) is 0 Å². The summed E-state index contributed by atoms with van der Waals surface area (Å²) in [4.78, 5) is 6.48. The van der Waals surface area contributed by atoms with Crippen molar-refractivity contribution in [2.75, 3.05) is 45.9 Å². The first-order valence-corrected chi connectivity index (χ1v) is 7.31. The van der Waals surface area contributed by atoms with Gasteiger partial charge in [-0.1, -0.05) is 13.0 Å². The topological polar surface area (TPSA) is 15.7 Å². The molecule has 0 spiro atoms. The van der Waals surface area contributed by atoms with Gasteiger partial charge in [-0.15, -0.1) is 11.3 Å². The van der Waals surface area contributed by atoms with E-state index in [4.69, 9.17) is 4.74 Å². The molecule has 0 saturated carbocycles. The average Bonchev–Trinajstić information content (AvgIpc) is 2.88. The monoisotopic (exact) mass is 254 g/mol. The van der Waals surface area contributed by atoms with Crippen molar-refractivity contribution in [3.8, 4) is 0 Å². The minimum Gasteiger partial charge on any atom is -0.379 e. The number of morpholine rings is 1. The Bertz CT molecular complexity index is 296. The van der Waals surface area contributed by atoms with Crippen LogP contribution in [0.5, 0.6) is 0 Å². The smallest absolute Gasteiger partial charge is 0.0594 e. The van der Waals surface area contributed by atoms with Crippen molar-refractivity contribution in [2.24, 2.45) is 0 Å². The third-order valence-corrected chi connectivity index (χ3v) is 4.10. The summed E-state index contributed by atoms with van der Waals surface area (Å²) in [7, 11) is 0. The van der Waals surface area contributed by atoms with Crippen LogP contribution < -0.4 is 0 Å². The van der Waals surface area contributed by atoms with Gasteiger partial charge in [0, 0.05) is 37.6 Å². The maximum absolute atomic E-state index is 5.36. The summed E-state index contributed by atoms with van der Waals surface area (Å²) in [5.74, 6) is 0. The highest BCUT2D eigenvalue weighted by atomic mass is 32.1. The Kier molecular flexibility index (Phi) is 5.45. The molecule has 0 atom stereocenters. The number of rotatable bonds is 6. The van der Waals surface area contributed by atoms with Gasteiger partial charge in [0.2, 0.25) is 0 Å². The Labute approximate surface area is 108 Å². The van der Waals surface area contributed by atoms with Gasteiger partial charge in [-0.3, -0.25) is 9.80 Å². The lowest BCUT2D eigenvalue weighted by Crippen LogP contribution is -2.41. The molecule has 1 aliphatic rings. The van der Waals surface area contributed by atoms with Crippen molar-refractivity contribution in [2.45, 2.75) is 13.5 Å².